The lowest BCUT2D eigenvalue weighted by Gasteiger charge is -2.01. The van der Waals surface area contributed by atoms with E-state index in [1.807, 2.05) is 17.1 Å². The lowest BCUT2D eigenvalue weighted by atomic mass is 10.1. The maximum Gasteiger partial charge on any atom is 0.0659 e. The lowest BCUT2D eigenvalue weighted by molar-refractivity contribution is 0.686. The first-order valence-corrected chi connectivity index (χ1v) is 5.55. The van der Waals surface area contributed by atoms with Gasteiger partial charge in [0.25, 0.3) is 0 Å². The number of benzene rings is 1. The Bertz CT molecular complexity index is 422. The van der Waals surface area contributed by atoms with Crippen LogP contribution in [0, 0.1) is 10.5 Å². The molecule has 1 aromatic heterocycles. The van der Waals surface area contributed by atoms with Crippen molar-refractivity contribution in [3.63, 3.8) is 0 Å². The Hall–Kier alpha value is -0.550. The van der Waals surface area contributed by atoms with Gasteiger partial charge >= 0.3 is 0 Å². The Balaban J connectivity index is 0.00000112. The summed E-state index contributed by atoms with van der Waals surface area (Å²) in [7, 11) is 0. The average molecular weight is 335 g/mol. The lowest BCUT2D eigenvalue weighted by Crippen LogP contribution is -1.99. The van der Waals surface area contributed by atoms with Gasteiger partial charge in [-0.2, -0.15) is 5.10 Å². The molecule has 0 saturated carbocycles. The monoisotopic (exact) mass is 334 g/mol. The first-order chi connectivity index (χ1) is 6.74. The molecule has 2 rings (SSSR count). The zero-order valence-corrected chi connectivity index (χ0v) is 11.3. The van der Waals surface area contributed by atoms with Gasteiger partial charge < -0.3 is 0 Å². The van der Waals surface area contributed by atoms with Gasteiger partial charge in [-0.15, -0.1) is 12.4 Å². The zero-order chi connectivity index (χ0) is 9.97. The number of aromatic nitrogens is 2. The molecule has 80 valence electrons. The van der Waals surface area contributed by atoms with Gasteiger partial charge in [0.15, 0.2) is 0 Å². The van der Waals surface area contributed by atoms with Gasteiger partial charge in [0.05, 0.1) is 16.3 Å². The van der Waals surface area contributed by atoms with E-state index in [1.54, 1.807) is 0 Å². The number of hydrogen-bond donors (Lipinski definition) is 0. The van der Waals surface area contributed by atoms with Crippen LogP contribution >= 0.6 is 35.0 Å². The summed E-state index contributed by atoms with van der Waals surface area (Å²) in [5.41, 5.74) is 2.58. The fourth-order valence-electron chi connectivity index (χ4n) is 1.31. The number of rotatable bonds is 2. The molecule has 0 bridgehead atoms. The predicted octanol–water partition coefficient (Wildman–Crippen LogP) is 3.27. The fraction of sp³-hybridized carbons (Fsp3) is 0.182. The first-order valence-electron chi connectivity index (χ1n) is 4.47. The smallest absolute Gasteiger partial charge is 0.0659 e. The van der Waals surface area contributed by atoms with Crippen LogP contribution in [0.5, 0.6) is 0 Å². The summed E-state index contributed by atoms with van der Waals surface area (Å²) in [6, 6.07) is 8.54. The van der Waals surface area contributed by atoms with Crippen LogP contribution in [0.25, 0.3) is 0 Å². The molecule has 0 fully saturated rings. The molecular weight excluding hydrogens is 322 g/mol. The van der Waals surface area contributed by atoms with Gasteiger partial charge in [-0.3, -0.25) is 4.68 Å². The van der Waals surface area contributed by atoms with Gasteiger partial charge in [0, 0.05) is 6.20 Å². The summed E-state index contributed by atoms with van der Waals surface area (Å²) in [4.78, 5) is 0. The van der Waals surface area contributed by atoms with Crippen molar-refractivity contribution < 1.29 is 0 Å². The standard InChI is InChI=1S/C11H11IN2.ClH/c1-9-2-4-10(5-3-9)7-14-8-11(12)6-13-14;/h2-6,8H,7H2,1H3;1H. The Morgan fingerprint density at radius 1 is 1.27 bits per heavy atom. The van der Waals surface area contributed by atoms with Crippen molar-refractivity contribution in [3.8, 4) is 0 Å². The van der Waals surface area contributed by atoms with Crippen molar-refractivity contribution in [1.29, 1.82) is 0 Å². The molecule has 0 aliphatic carbocycles. The van der Waals surface area contributed by atoms with E-state index in [1.165, 1.54) is 14.7 Å². The molecule has 0 N–H and O–H groups in total. The molecule has 0 amide bonds. The van der Waals surface area contributed by atoms with E-state index in [0.29, 0.717) is 0 Å². The largest absolute Gasteiger partial charge is 0.267 e. The summed E-state index contributed by atoms with van der Waals surface area (Å²) in [5, 5.41) is 4.24. The summed E-state index contributed by atoms with van der Waals surface area (Å²) in [6.45, 7) is 2.95. The van der Waals surface area contributed by atoms with Crippen LogP contribution in [-0.2, 0) is 6.54 Å². The summed E-state index contributed by atoms with van der Waals surface area (Å²) in [6.07, 6.45) is 3.91. The molecule has 1 heterocycles. The van der Waals surface area contributed by atoms with Gasteiger partial charge in [0.1, 0.15) is 0 Å². The minimum atomic E-state index is 0. The number of nitrogens with zero attached hydrogens (tertiary/aromatic N) is 2. The number of aryl methyl sites for hydroxylation is 1. The zero-order valence-electron chi connectivity index (χ0n) is 8.35. The summed E-state index contributed by atoms with van der Waals surface area (Å²) >= 11 is 2.27. The average Bonchev–Trinajstić information content (AvgIpc) is 2.56. The summed E-state index contributed by atoms with van der Waals surface area (Å²) < 4.78 is 3.13. The van der Waals surface area contributed by atoms with Crippen LogP contribution in [0.3, 0.4) is 0 Å². The molecule has 0 radical (unpaired) electrons. The van der Waals surface area contributed by atoms with Crippen molar-refractivity contribution in [2.24, 2.45) is 0 Å². The summed E-state index contributed by atoms with van der Waals surface area (Å²) in [5.74, 6) is 0. The quantitative estimate of drug-likeness (QED) is 0.771. The highest BCUT2D eigenvalue weighted by Crippen LogP contribution is 2.07. The molecule has 0 spiro atoms. The van der Waals surface area contributed by atoms with Crippen LogP contribution in [-0.4, -0.2) is 9.78 Å². The van der Waals surface area contributed by atoms with E-state index >= 15 is 0 Å². The minimum Gasteiger partial charge on any atom is -0.267 e. The molecule has 0 aliphatic heterocycles. The number of halogens is 2. The Labute approximate surface area is 109 Å². The van der Waals surface area contributed by atoms with Gasteiger partial charge in [0.2, 0.25) is 0 Å². The highest BCUT2D eigenvalue weighted by Gasteiger charge is 1.96. The van der Waals surface area contributed by atoms with E-state index < -0.39 is 0 Å². The Morgan fingerprint density at radius 3 is 2.47 bits per heavy atom. The van der Waals surface area contributed by atoms with Crippen LogP contribution in [0.2, 0.25) is 0 Å². The maximum absolute atomic E-state index is 4.24. The number of hydrogen-bond acceptors (Lipinski definition) is 1. The van der Waals surface area contributed by atoms with Crippen molar-refractivity contribution >= 4 is 35.0 Å². The highest BCUT2D eigenvalue weighted by molar-refractivity contribution is 14.1. The second-order valence-corrected chi connectivity index (χ2v) is 4.59. The molecule has 2 aromatic rings. The molecule has 0 unspecified atom stereocenters. The third-order valence-electron chi connectivity index (χ3n) is 2.07. The molecule has 2 nitrogen and oxygen atoms in total. The van der Waals surface area contributed by atoms with Crippen LogP contribution in [0.4, 0.5) is 0 Å². The molecule has 0 saturated heterocycles. The highest BCUT2D eigenvalue weighted by atomic mass is 127. The van der Waals surface area contributed by atoms with Gasteiger partial charge in [-0.25, -0.2) is 0 Å². The van der Waals surface area contributed by atoms with Crippen molar-refractivity contribution in [2.75, 3.05) is 0 Å². The van der Waals surface area contributed by atoms with Crippen molar-refractivity contribution in [2.45, 2.75) is 13.5 Å². The molecular formula is C11H12ClIN2. The Kier molecular flexibility index (Phi) is 4.60. The van der Waals surface area contributed by atoms with E-state index in [9.17, 15) is 0 Å². The second-order valence-electron chi connectivity index (χ2n) is 3.34. The molecule has 4 heteroatoms. The first kappa shape index (κ1) is 12.5. The minimum absolute atomic E-state index is 0. The van der Waals surface area contributed by atoms with E-state index in [-0.39, 0.29) is 12.4 Å². The van der Waals surface area contributed by atoms with E-state index in [0.717, 1.165) is 6.54 Å². The van der Waals surface area contributed by atoms with E-state index in [2.05, 4.69) is 58.9 Å². The SMILES string of the molecule is Cc1ccc(Cn2cc(I)cn2)cc1.Cl. The topological polar surface area (TPSA) is 17.8 Å². The van der Waals surface area contributed by atoms with Crippen molar-refractivity contribution in [3.05, 3.63) is 51.4 Å². The fourth-order valence-corrected chi connectivity index (χ4v) is 1.75. The maximum atomic E-state index is 4.24. The third kappa shape index (κ3) is 3.50. The van der Waals surface area contributed by atoms with Crippen LogP contribution in [0.1, 0.15) is 11.1 Å². The van der Waals surface area contributed by atoms with Gasteiger partial charge in [-0.05, 0) is 35.1 Å². The van der Waals surface area contributed by atoms with E-state index in [4.69, 9.17) is 0 Å². The second kappa shape index (κ2) is 5.51. The van der Waals surface area contributed by atoms with Crippen molar-refractivity contribution in [1.82, 2.24) is 9.78 Å². The predicted molar refractivity (Wildman–Crippen MR) is 72.5 cm³/mol. The molecule has 0 atom stereocenters. The molecule has 0 aliphatic rings. The normalized spacial score (nSPS) is 9.73. The molecule has 15 heavy (non-hydrogen) atoms. The van der Waals surface area contributed by atoms with Crippen LogP contribution < -0.4 is 0 Å². The van der Waals surface area contributed by atoms with Gasteiger partial charge in [-0.1, -0.05) is 29.8 Å². The molecule has 1 aromatic carbocycles. The third-order valence-corrected chi connectivity index (χ3v) is 2.62. The van der Waals surface area contributed by atoms with Crippen LogP contribution in [0.15, 0.2) is 36.7 Å². The Morgan fingerprint density at radius 2 is 1.93 bits per heavy atom.